The molecule has 0 fully saturated rings. The Morgan fingerprint density at radius 2 is 2.04 bits per heavy atom. The Bertz CT molecular complexity index is 795. The van der Waals surface area contributed by atoms with Crippen LogP contribution >= 0.6 is 35.0 Å². The summed E-state index contributed by atoms with van der Waals surface area (Å²) in [6, 6.07) is 5.13. The zero-order valence-electron chi connectivity index (χ0n) is 16.1. The Balaban J connectivity index is 1.92. The Morgan fingerprint density at radius 3 is 2.79 bits per heavy atom. The fraction of sp³-hybridized carbons (Fsp3) is 0.450. The Kier molecular flexibility index (Phi) is 9.88. The second-order valence-corrected chi connectivity index (χ2v) is 8.13. The van der Waals surface area contributed by atoms with Crippen LogP contribution in [0, 0.1) is 0 Å². The van der Waals surface area contributed by atoms with Crippen LogP contribution < -0.4 is 5.32 Å². The van der Waals surface area contributed by atoms with Crippen molar-refractivity contribution in [3.05, 3.63) is 46.7 Å². The number of aromatic nitrogens is 3. The molecule has 1 aromatic carbocycles. The smallest absolute Gasteiger partial charge is 0.234 e. The minimum Gasteiger partial charge on any atom is -0.324 e. The summed E-state index contributed by atoms with van der Waals surface area (Å²) in [5.74, 6) is 0.967. The Morgan fingerprint density at radius 1 is 1.25 bits per heavy atom. The van der Waals surface area contributed by atoms with Crippen LogP contribution in [0.4, 0.5) is 5.69 Å². The number of hydrogen-bond acceptors (Lipinski definition) is 4. The highest BCUT2D eigenvalue weighted by Crippen LogP contribution is 2.29. The molecule has 0 saturated carbocycles. The number of thioether (sulfide) groups is 1. The molecule has 0 aliphatic carbocycles. The highest BCUT2D eigenvalue weighted by atomic mass is 35.5. The molecule has 1 aromatic heterocycles. The number of benzene rings is 1. The first-order chi connectivity index (χ1) is 13.6. The van der Waals surface area contributed by atoms with Gasteiger partial charge >= 0.3 is 0 Å². The number of amides is 1. The summed E-state index contributed by atoms with van der Waals surface area (Å²) in [5, 5.41) is 12.8. The van der Waals surface area contributed by atoms with Gasteiger partial charge in [0, 0.05) is 13.0 Å². The topological polar surface area (TPSA) is 59.8 Å². The minimum absolute atomic E-state index is 0.177. The summed E-state index contributed by atoms with van der Waals surface area (Å²) < 4.78 is 2.02. The predicted molar refractivity (Wildman–Crippen MR) is 118 cm³/mol. The van der Waals surface area contributed by atoms with Crippen molar-refractivity contribution >= 4 is 46.6 Å². The van der Waals surface area contributed by atoms with Gasteiger partial charge < -0.3 is 9.88 Å². The Labute approximate surface area is 180 Å². The van der Waals surface area contributed by atoms with Gasteiger partial charge in [-0.2, -0.15) is 0 Å². The molecule has 0 aliphatic rings. The maximum Gasteiger partial charge on any atom is 0.234 e. The number of nitrogens with one attached hydrogen (secondary N) is 1. The van der Waals surface area contributed by atoms with E-state index in [2.05, 4.69) is 29.0 Å². The summed E-state index contributed by atoms with van der Waals surface area (Å²) in [6.45, 7) is 6.65. The third-order valence-corrected chi connectivity index (χ3v) is 5.95. The highest BCUT2D eigenvalue weighted by molar-refractivity contribution is 7.99. The molecule has 0 unspecified atom stereocenters. The zero-order chi connectivity index (χ0) is 20.4. The van der Waals surface area contributed by atoms with Crippen molar-refractivity contribution in [2.75, 3.05) is 11.1 Å². The second kappa shape index (κ2) is 12.1. The molecule has 152 valence electrons. The van der Waals surface area contributed by atoms with Gasteiger partial charge in [0.05, 0.1) is 21.5 Å². The van der Waals surface area contributed by atoms with Crippen LogP contribution in [-0.4, -0.2) is 26.4 Å². The largest absolute Gasteiger partial charge is 0.324 e. The van der Waals surface area contributed by atoms with Crippen LogP contribution in [0.3, 0.4) is 0 Å². The van der Waals surface area contributed by atoms with E-state index in [1.165, 1.54) is 37.4 Å². The molecule has 1 heterocycles. The summed E-state index contributed by atoms with van der Waals surface area (Å²) in [6.07, 6.45) is 8.74. The number of carbonyl (C=O) groups excluding carboxylic acids is 1. The number of aryl methyl sites for hydroxylation is 1. The lowest BCUT2D eigenvalue weighted by Gasteiger charge is -2.09. The molecular formula is C20H26Cl2N4OS. The van der Waals surface area contributed by atoms with Crippen molar-refractivity contribution in [3.8, 4) is 0 Å². The lowest BCUT2D eigenvalue weighted by atomic mass is 10.1. The van der Waals surface area contributed by atoms with Gasteiger partial charge in [-0.1, -0.05) is 79.7 Å². The summed E-state index contributed by atoms with van der Waals surface area (Å²) in [7, 11) is 0. The van der Waals surface area contributed by atoms with Crippen molar-refractivity contribution in [2.24, 2.45) is 0 Å². The van der Waals surface area contributed by atoms with Crippen molar-refractivity contribution < 1.29 is 4.79 Å². The predicted octanol–water partition coefficient (Wildman–Crippen LogP) is 6.01. The van der Waals surface area contributed by atoms with Crippen LogP contribution in [0.15, 0.2) is 36.0 Å². The van der Waals surface area contributed by atoms with Gasteiger partial charge in [-0.15, -0.1) is 16.8 Å². The van der Waals surface area contributed by atoms with Gasteiger partial charge in [0.15, 0.2) is 5.16 Å². The molecular weight excluding hydrogens is 415 g/mol. The molecule has 5 nitrogen and oxygen atoms in total. The number of halogens is 2. The average Bonchev–Trinajstić information content (AvgIpc) is 3.06. The summed E-state index contributed by atoms with van der Waals surface area (Å²) in [4.78, 5) is 12.3. The molecule has 28 heavy (non-hydrogen) atoms. The van der Waals surface area contributed by atoms with Crippen molar-refractivity contribution in [1.82, 2.24) is 14.8 Å². The second-order valence-electron chi connectivity index (χ2n) is 6.40. The Hall–Kier alpha value is -1.50. The van der Waals surface area contributed by atoms with Gasteiger partial charge in [-0.3, -0.25) is 4.79 Å². The molecule has 0 spiro atoms. The van der Waals surface area contributed by atoms with Gasteiger partial charge in [-0.05, 0) is 18.6 Å². The fourth-order valence-corrected chi connectivity index (χ4v) is 3.84. The number of anilines is 1. The van der Waals surface area contributed by atoms with E-state index in [9.17, 15) is 4.79 Å². The molecule has 2 rings (SSSR count). The molecule has 0 aliphatic heterocycles. The van der Waals surface area contributed by atoms with E-state index >= 15 is 0 Å². The highest BCUT2D eigenvalue weighted by Gasteiger charge is 2.14. The van der Waals surface area contributed by atoms with Crippen LogP contribution in [0.1, 0.15) is 44.9 Å². The fourth-order valence-electron chi connectivity index (χ4n) is 2.73. The molecule has 0 atom stereocenters. The third-order valence-electron chi connectivity index (χ3n) is 4.17. The van der Waals surface area contributed by atoms with E-state index in [1.807, 2.05) is 10.6 Å². The minimum atomic E-state index is -0.177. The molecule has 1 amide bonds. The van der Waals surface area contributed by atoms with Crippen LogP contribution in [-0.2, 0) is 17.8 Å². The third kappa shape index (κ3) is 6.83. The van der Waals surface area contributed by atoms with E-state index in [4.69, 9.17) is 23.2 Å². The van der Waals surface area contributed by atoms with Gasteiger partial charge in [0.2, 0.25) is 5.91 Å². The molecule has 0 saturated heterocycles. The van der Waals surface area contributed by atoms with Crippen LogP contribution in [0.25, 0.3) is 0 Å². The first-order valence-electron chi connectivity index (χ1n) is 9.46. The summed E-state index contributed by atoms with van der Waals surface area (Å²) in [5.41, 5.74) is 0.500. The number of carbonyl (C=O) groups is 1. The molecule has 2 aromatic rings. The van der Waals surface area contributed by atoms with E-state index < -0.39 is 0 Å². The zero-order valence-corrected chi connectivity index (χ0v) is 18.4. The number of allylic oxidation sites excluding steroid dienone is 1. The SMILES string of the molecule is C=CCn1c(CCCCCCC)nnc1SCC(=O)Nc1cccc(Cl)c1Cl. The summed E-state index contributed by atoms with van der Waals surface area (Å²) >= 11 is 13.4. The van der Waals surface area contributed by atoms with Crippen molar-refractivity contribution in [2.45, 2.75) is 57.1 Å². The van der Waals surface area contributed by atoms with E-state index in [1.54, 1.807) is 18.2 Å². The van der Waals surface area contributed by atoms with Gasteiger partial charge in [0.1, 0.15) is 5.82 Å². The molecule has 0 bridgehead atoms. The first kappa shape index (κ1) is 22.8. The molecule has 1 N–H and O–H groups in total. The monoisotopic (exact) mass is 440 g/mol. The van der Waals surface area contributed by atoms with Crippen LogP contribution in [0.2, 0.25) is 10.0 Å². The number of hydrogen-bond donors (Lipinski definition) is 1. The van der Waals surface area contributed by atoms with Gasteiger partial charge in [0.25, 0.3) is 0 Å². The van der Waals surface area contributed by atoms with E-state index in [0.717, 1.165) is 23.8 Å². The quantitative estimate of drug-likeness (QED) is 0.249. The lowest BCUT2D eigenvalue weighted by molar-refractivity contribution is -0.113. The normalized spacial score (nSPS) is 10.8. The maximum absolute atomic E-state index is 12.3. The number of unbranched alkanes of at least 4 members (excludes halogenated alkanes) is 4. The first-order valence-corrected chi connectivity index (χ1v) is 11.2. The number of rotatable bonds is 12. The number of nitrogens with zero attached hydrogens (tertiary/aromatic N) is 3. The molecule has 8 heteroatoms. The van der Waals surface area contributed by atoms with E-state index in [0.29, 0.717) is 22.3 Å². The van der Waals surface area contributed by atoms with Crippen molar-refractivity contribution in [3.63, 3.8) is 0 Å². The molecule has 0 radical (unpaired) electrons. The standard InChI is InChI=1S/C20H26Cl2N4OS/c1-3-5-6-7-8-12-17-24-25-20(26(17)13-4-2)28-14-18(27)23-16-11-9-10-15(21)19(16)22/h4,9-11H,2-3,5-8,12-14H2,1H3,(H,23,27). The lowest BCUT2D eigenvalue weighted by Crippen LogP contribution is -2.15. The van der Waals surface area contributed by atoms with Crippen molar-refractivity contribution in [1.29, 1.82) is 0 Å². The maximum atomic E-state index is 12.3. The van der Waals surface area contributed by atoms with Gasteiger partial charge in [-0.25, -0.2) is 0 Å². The van der Waals surface area contributed by atoms with Crippen LogP contribution in [0.5, 0.6) is 0 Å². The van der Waals surface area contributed by atoms with E-state index in [-0.39, 0.29) is 11.7 Å². The average molecular weight is 441 g/mol.